The molecule has 1 aromatic heterocycles. The van der Waals surface area contributed by atoms with Gasteiger partial charge in [-0.25, -0.2) is 0 Å². The molecule has 0 spiro atoms. The van der Waals surface area contributed by atoms with E-state index < -0.39 is 0 Å². The van der Waals surface area contributed by atoms with Crippen LogP contribution in [0.15, 0.2) is 16.7 Å². The van der Waals surface area contributed by atoms with Crippen LogP contribution < -0.4 is 5.32 Å². The van der Waals surface area contributed by atoms with Crippen molar-refractivity contribution in [2.75, 3.05) is 33.7 Å². The predicted octanol–water partition coefficient (Wildman–Crippen LogP) is 1.92. The lowest BCUT2D eigenvalue weighted by atomic mass is 10.0. The first-order chi connectivity index (χ1) is 9.20. The molecular formula is C15H27N3O. The van der Waals surface area contributed by atoms with Gasteiger partial charge in [-0.1, -0.05) is 6.92 Å². The van der Waals surface area contributed by atoms with Gasteiger partial charge in [0.15, 0.2) is 0 Å². The van der Waals surface area contributed by atoms with E-state index in [1.54, 1.807) is 0 Å². The van der Waals surface area contributed by atoms with Gasteiger partial charge >= 0.3 is 0 Å². The molecule has 0 aromatic carbocycles. The van der Waals surface area contributed by atoms with Gasteiger partial charge < -0.3 is 14.6 Å². The van der Waals surface area contributed by atoms with Crippen LogP contribution in [0, 0.1) is 0 Å². The number of piperidine rings is 1. The number of furan rings is 1. The Labute approximate surface area is 116 Å². The molecule has 2 heterocycles. The molecule has 2 rings (SSSR count). The molecule has 1 aliphatic heterocycles. The zero-order valence-electron chi connectivity index (χ0n) is 12.5. The molecule has 0 atom stereocenters. The maximum absolute atomic E-state index is 5.65. The van der Waals surface area contributed by atoms with E-state index in [0.717, 1.165) is 31.4 Å². The highest BCUT2D eigenvalue weighted by Gasteiger charge is 2.21. The molecule has 4 nitrogen and oxygen atoms in total. The van der Waals surface area contributed by atoms with E-state index in [2.05, 4.69) is 42.2 Å². The summed E-state index contributed by atoms with van der Waals surface area (Å²) in [6.07, 6.45) is 4.33. The molecule has 0 amide bonds. The zero-order chi connectivity index (χ0) is 13.7. The summed E-state index contributed by atoms with van der Waals surface area (Å²) in [4.78, 5) is 4.86. The average Bonchev–Trinajstić information content (AvgIpc) is 2.84. The number of hydrogen-bond acceptors (Lipinski definition) is 4. The van der Waals surface area contributed by atoms with Gasteiger partial charge in [-0.05, 0) is 39.5 Å². The van der Waals surface area contributed by atoms with Gasteiger partial charge in [0.25, 0.3) is 0 Å². The van der Waals surface area contributed by atoms with Crippen LogP contribution in [-0.4, -0.2) is 49.6 Å². The molecule has 4 heteroatoms. The molecular weight excluding hydrogens is 238 g/mol. The van der Waals surface area contributed by atoms with Crippen LogP contribution in [0.1, 0.15) is 31.1 Å². The van der Waals surface area contributed by atoms with E-state index in [-0.39, 0.29) is 0 Å². The number of nitrogens with zero attached hydrogens (tertiary/aromatic N) is 2. The van der Waals surface area contributed by atoms with Gasteiger partial charge in [-0.15, -0.1) is 0 Å². The minimum absolute atomic E-state index is 0.745. The SMILES string of the molecule is CCNCc1ccoc1CN1CCC(N(C)C)CC1. The second kappa shape index (κ2) is 7.08. The van der Waals surface area contributed by atoms with Crippen LogP contribution in [0.25, 0.3) is 0 Å². The maximum Gasteiger partial charge on any atom is 0.122 e. The number of likely N-dealkylation sites (tertiary alicyclic amines) is 1. The van der Waals surface area contributed by atoms with E-state index in [0.29, 0.717) is 0 Å². The van der Waals surface area contributed by atoms with Gasteiger partial charge in [-0.2, -0.15) is 0 Å². The van der Waals surface area contributed by atoms with Crippen molar-refractivity contribution in [3.63, 3.8) is 0 Å². The first-order valence-electron chi connectivity index (χ1n) is 7.35. The number of hydrogen-bond donors (Lipinski definition) is 1. The van der Waals surface area contributed by atoms with Crippen LogP contribution in [0.5, 0.6) is 0 Å². The van der Waals surface area contributed by atoms with Crippen LogP contribution in [0.3, 0.4) is 0 Å². The van der Waals surface area contributed by atoms with Crippen LogP contribution in [0.4, 0.5) is 0 Å². The van der Waals surface area contributed by atoms with Crippen molar-refractivity contribution in [3.05, 3.63) is 23.7 Å². The highest BCUT2D eigenvalue weighted by atomic mass is 16.3. The highest BCUT2D eigenvalue weighted by molar-refractivity contribution is 5.16. The third-order valence-corrected chi connectivity index (χ3v) is 4.06. The van der Waals surface area contributed by atoms with Crippen molar-refractivity contribution < 1.29 is 4.42 Å². The molecule has 1 fully saturated rings. The van der Waals surface area contributed by atoms with E-state index in [4.69, 9.17) is 4.42 Å². The lowest BCUT2D eigenvalue weighted by Gasteiger charge is -2.34. The Bertz CT molecular complexity index is 367. The summed E-state index contributed by atoms with van der Waals surface area (Å²) in [5.74, 6) is 1.13. The molecule has 0 bridgehead atoms. The highest BCUT2D eigenvalue weighted by Crippen LogP contribution is 2.19. The number of rotatable bonds is 6. The molecule has 0 unspecified atom stereocenters. The van der Waals surface area contributed by atoms with Gasteiger partial charge in [0.1, 0.15) is 5.76 Å². The summed E-state index contributed by atoms with van der Waals surface area (Å²) in [6.45, 7) is 7.34. The molecule has 0 aliphatic carbocycles. The smallest absolute Gasteiger partial charge is 0.122 e. The lowest BCUT2D eigenvalue weighted by molar-refractivity contribution is 0.133. The summed E-state index contributed by atoms with van der Waals surface area (Å²) >= 11 is 0. The third kappa shape index (κ3) is 4.06. The Morgan fingerprint density at radius 1 is 1.37 bits per heavy atom. The van der Waals surface area contributed by atoms with Gasteiger partial charge in [0.05, 0.1) is 12.8 Å². The third-order valence-electron chi connectivity index (χ3n) is 4.06. The summed E-state index contributed by atoms with van der Waals surface area (Å²) in [5.41, 5.74) is 1.30. The molecule has 19 heavy (non-hydrogen) atoms. The summed E-state index contributed by atoms with van der Waals surface area (Å²) in [6, 6.07) is 2.83. The average molecular weight is 265 g/mol. The van der Waals surface area contributed by atoms with Gasteiger partial charge in [-0.3, -0.25) is 4.90 Å². The van der Waals surface area contributed by atoms with Gasteiger partial charge in [0, 0.05) is 31.2 Å². The van der Waals surface area contributed by atoms with Crippen molar-refractivity contribution in [1.29, 1.82) is 0 Å². The van der Waals surface area contributed by atoms with E-state index in [1.807, 2.05) is 6.26 Å². The first kappa shape index (κ1) is 14.6. The Kier molecular flexibility index (Phi) is 5.43. The van der Waals surface area contributed by atoms with E-state index in [1.165, 1.54) is 31.5 Å². The fraction of sp³-hybridized carbons (Fsp3) is 0.733. The minimum atomic E-state index is 0.745. The fourth-order valence-corrected chi connectivity index (χ4v) is 2.72. The zero-order valence-corrected chi connectivity index (χ0v) is 12.5. The monoisotopic (exact) mass is 265 g/mol. The van der Waals surface area contributed by atoms with E-state index >= 15 is 0 Å². The molecule has 1 aliphatic rings. The predicted molar refractivity (Wildman–Crippen MR) is 78.1 cm³/mol. The first-order valence-corrected chi connectivity index (χ1v) is 7.35. The minimum Gasteiger partial charge on any atom is -0.468 e. The lowest BCUT2D eigenvalue weighted by Crippen LogP contribution is -2.41. The van der Waals surface area contributed by atoms with Crippen molar-refractivity contribution in [1.82, 2.24) is 15.1 Å². The molecule has 1 saturated heterocycles. The molecule has 108 valence electrons. The Morgan fingerprint density at radius 3 is 2.74 bits per heavy atom. The normalized spacial score (nSPS) is 18.3. The van der Waals surface area contributed by atoms with E-state index in [9.17, 15) is 0 Å². The van der Waals surface area contributed by atoms with Crippen LogP contribution in [0.2, 0.25) is 0 Å². The Hall–Kier alpha value is -0.840. The maximum atomic E-state index is 5.65. The van der Waals surface area contributed by atoms with Crippen molar-refractivity contribution >= 4 is 0 Å². The topological polar surface area (TPSA) is 31.7 Å². The summed E-state index contributed by atoms with van der Waals surface area (Å²) < 4.78 is 5.65. The van der Waals surface area contributed by atoms with Crippen molar-refractivity contribution in [2.24, 2.45) is 0 Å². The standard InChI is InChI=1S/C15H27N3O/c1-4-16-11-13-7-10-19-15(13)12-18-8-5-14(6-9-18)17(2)3/h7,10,14,16H,4-6,8-9,11-12H2,1-3H3. The second-order valence-corrected chi connectivity index (χ2v) is 5.62. The number of nitrogens with one attached hydrogen (secondary N) is 1. The Morgan fingerprint density at radius 2 is 2.11 bits per heavy atom. The molecule has 1 aromatic rings. The van der Waals surface area contributed by atoms with Crippen LogP contribution >= 0.6 is 0 Å². The molecule has 0 saturated carbocycles. The Balaban J connectivity index is 1.83. The molecule has 1 N–H and O–H groups in total. The second-order valence-electron chi connectivity index (χ2n) is 5.62. The van der Waals surface area contributed by atoms with Crippen molar-refractivity contribution in [2.45, 2.75) is 38.9 Å². The largest absolute Gasteiger partial charge is 0.468 e. The summed E-state index contributed by atoms with van der Waals surface area (Å²) in [5, 5.41) is 3.37. The summed E-state index contributed by atoms with van der Waals surface area (Å²) in [7, 11) is 4.36. The van der Waals surface area contributed by atoms with Crippen molar-refractivity contribution in [3.8, 4) is 0 Å². The van der Waals surface area contributed by atoms with Gasteiger partial charge in [0.2, 0.25) is 0 Å². The molecule has 0 radical (unpaired) electrons. The van der Waals surface area contributed by atoms with Crippen LogP contribution in [-0.2, 0) is 13.1 Å². The fourth-order valence-electron chi connectivity index (χ4n) is 2.72. The quantitative estimate of drug-likeness (QED) is 0.851.